The van der Waals surface area contributed by atoms with Gasteiger partial charge in [0.2, 0.25) is 0 Å². The minimum absolute atomic E-state index is 0.285. The van der Waals surface area contributed by atoms with E-state index in [1.807, 2.05) is 5.38 Å². The monoisotopic (exact) mass is 175 g/mol. The number of hydrogen-bond donors (Lipinski definition) is 1. The van der Waals surface area contributed by atoms with Gasteiger partial charge in [-0.2, -0.15) is 0 Å². The molecule has 12 heavy (non-hydrogen) atoms. The highest BCUT2D eigenvalue weighted by atomic mass is 32.1. The fourth-order valence-corrected chi connectivity index (χ4v) is 1.97. The first-order chi connectivity index (χ1) is 5.81. The summed E-state index contributed by atoms with van der Waals surface area (Å²) in [6.07, 6.45) is 1.73. The lowest BCUT2D eigenvalue weighted by molar-refractivity contribution is 0.476. The SMILES string of the molecule is C=Cc1cc(O)cc2sc[c]c12. The third-order valence-corrected chi connectivity index (χ3v) is 2.54. The second-order valence-electron chi connectivity index (χ2n) is 2.49. The van der Waals surface area contributed by atoms with Gasteiger partial charge in [-0.25, -0.2) is 0 Å². The molecule has 2 heteroatoms. The molecule has 0 aliphatic rings. The Morgan fingerprint density at radius 3 is 3.08 bits per heavy atom. The van der Waals surface area contributed by atoms with Crippen molar-refractivity contribution in [3.05, 3.63) is 35.7 Å². The third-order valence-electron chi connectivity index (χ3n) is 1.73. The van der Waals surface area contributed by atoms with Crippen molar-refractivity contribution >= 4 is 27.5 Å². The molecule has 1 radical (unpaired) electrons. The van der Waals surface area contributed by atoms with E-state index in [0.29, 0.717) is 0 Å². The molecule has 59 valence electrons. The summed E-state index contributed by atoms with van der Waals surface area (Å²) in [6, 6.07) is 6.54. The highest BCUT2D eigenvalue weighted by Crippen LogP contribution is 2.28. The van der Waals surface area contributed by atoms with Gasteiger partial charge in [-0.1, -0.05) is 12.7 Å². The zero-order valence-electron chi connectivity index (χ0n) is 6.37. The summed E-state index contributed by atoms with van der Waals surface area (Å²) in [6.45, 7) is 3.68. The average Bonchev–Trinajstić information content (AvgIpc) is 2.50. The van der Waals surface area contributed by atoms with Crippen LogP contribution in [0.3, 0.4) is 0 Å². The topological polar surface area (TPSA) is 20.2 Å². The van der Waals surface area contributed by atoms with Crippen molar-refractivity contribution in [3.63, 3.8) is 0 Å². The van der Waals surface area contributed by atoms with E-state index in [2.05, 4.69) is 12.6 Å². The molecule has 0 saturated carbocycles. The first kappa shape index (κ1) is 7.37. The molecular formula is C10H7OS. The lowest BCUT2D eigenvalue weighted by atomic mass is 10.1. The van der Waals surface area contributed by atoms with Gasteiger partial charge in [0, 0.05) is 16.2 Å². The summed E-state index contributed by atoms with van der Waals surface area (Å²) >= 11 is 1.57. The van der Waals surface area contributed by atoms with Crippen LogP contribution in [0.15, 0.2) is 24.1 Å². The lowest BCUT2D eigenvalue weighted by Gasteiger charge is -1.97. The van der Waals surface area contributed by atoms with Gasteiger partial charge in [-0.05, 0) is 23.1 Å². The van der Waals surface area contributed by atoms with Gasteiger partial charge in [0.1, 0.15) is 5.75 Å². The molecule has 2 aromatic rings. The summed E-state index contributed by atoms with van der Waals surface area (Å²) in [4.78, 5) is 0. The van der Waals surface area contributed by atoms with Crippen molar-refractivity contribution in [1.82, 2.24) is 0 Å². The third kappa shape index (κ3) is 1.01. The van der Waals surface area contributed by atoms with Crippen molar-refractivity contribution in [2.45, 2.75) is 0 Å². The quantitative estimate of drug-likeness (QED) is 0.706. The summed E-state index contributed by atoms with van der Waals surface area (Å²) < 4.78 is 1.05. The van der Waals surface area contributed by atoms with E-state index >= 15 is 0 Å². The maximum atomic E-state index is 9.31. The fraction of sp³-hybridized carbons (Fsp3) is 0. The van der Waals surface area contributed by atoms with Crippen LogP contribution >= 0.6 is 11.3 Å². The standard InChI is InChI=1S/C10H7OS/c1-2-7-5-8(11)6-10-9(7)3-4-12-10/h2,4-6,11H,1H2. The molecule has 0 spiro atoms. The predicted molar refractivity (Wildman–Crippen MR) is 52.4 cm³/mol. The molecule has 1 aromatic heterocycles. The number of hydrogen-bond acceptors (Lipinski definition) is 2. The number of rotatable bonds is 1. The minimum atomic E-state index is 0.285. The van der Waals surface area contributed by atoms with E-state index in [0.717, 1.165) is 15.6 Å². The first-order valence-corrected chi connectivity index (χ1v) is 4.43. The maximum absolute atomic E-state index is 9.31. The van der Waals surface area contributed by atoms with Crippen LogP contribution in [0, 0.1) is 6.07 Å². The minimum Gasteiger partial charge on any atom is -0.508 e. The smallest absolute Gasteiger partial charge is 0.117 e. The van der Waals surface area contributed by atoms with Gasteiger partial charge >= 0.3 is 0 Å². The van der Waals surface area contributed by atoms with Gasteiger partial charge in [0.05, 0.1) is 0 Å². The number of aromatic hydroxyl groups is 1. The van der Waals surface area contributed by atoms with Crippen LogP contribution in [0.4, 0.5) is 0 Å². The molecule has 1 nitrogen and oxygen atoms in total. The second-order valence-corrected chi connectivity index (χ2v) is 3.40. The summed E-state index contributed by atoms with van der Waals surface area (Å²) in [5, 5.41) is 12.2. The highest BCUT2D eigenvalue weighted by Gasteiger charge is 2.01. The summed E-state index contributed by atoms with van der Waals surface area (Å²) in [5.74, 6) is 0.285. The van der Waals surface area contributed by atoms with E-state index in [4.69, 9.17) is 0 Å². The van der Waals surface area contributed by atoms with Crippen molar-refractivity contribution in [2.75, 3.05) is 0 Å². The van der Waals surface area contributed by atoms with Crippen LogP contribution in [0.2, 0.25) is 0 Å². The normalized spacial score (nSPS) is 10.3. The number of thiophene rings is 1. The zero-order chi connectivity index (χ0) is 8.55. The average molecular weight is 175 g/mol. The van der Waals surface area contributed by atoms with Gasteiger partial charge in [-0.15, -0.1) is 11.3 Å². The molecular weight excluding hydrogens is 168 g/mol. The first-order valence-electron chi connectivity index (χ1n) is 3.55. The Hall–Kier alpha value is -1.28. The Balaban J connectivity index is 2.88. The Labute approximate surface area is 74.6 Å². The molecule has 0 unspecified atom stereocenters. The number of phenolic OH excluding ortho intramolecular Hbond substituents is 1. The van der Waals surface area contributed by atoms with E-state index in [-0.39, 0.29) is 5.75 Å². The number of fused-ring (bicyclic) bond motifs is 1. The molecule has 0 bridgehead atoms. The maximum Gasteiger partial charge on any atom is 0.117 e. The van der Waals surface area contributed by atoms with Crippen LogP contribution < -0.4 is 0 Å². The molecule has 0 saturated heterocycles. The van der Waals surface area contributed by atoms with Crippen LogP contribution in [-0.4, -0.2) is 5.11 Å². The molecule has 1 aromatic carbocycles. The van der Waals surface area contributed by atoms with Gasteiger partial charge < -0.3 is 5.11 Å². The molecule has 2 rings (SSSR count). The Morgan fingerprint density at radius 1 is 1.50 bits per heavy atom. The summed E-state index contributed by atoms with van der Waals surface area (Å²) in [5.41, 5.74) is 0.936. The van der Waals surface area contributed by atoms with E-state index < -0.39 is 0 Å². The van der Waals surface area contributed by atoms with E-state index in [1.54, 1.807) is 29.5 Å². The van der Waals surface area contributed by atoms with Crippen LogP contribution in [-0.2, 0) is 0 Å². The highest BCUT2D eigenvalue weighted by molar-refractivity contribution is 7.17. The van der Waals surface area contributed by atoms with Crippen molar-refractivity contribution in [1.29, 1.82) is 0 Å². The van der Waals surface area contributed by atoms with Gasteiger partial charge in [0.25, 0.3) is 0 Å². The van der Waals surface area contributed by atoms with E-state index in [9.17, 15) is 5.11 Å². The van der Waals surface area contributed by atoms with Crippen LogP contribution in [0.25, 0.3) is 16.2 Å². The van der Waals surface area contributed by atoms with Crippen LogP contribution in [0.1, 0.15) is 5.56 Å². The van der Waals surface area contributed by atoms with Crippen molar-refractivity contribution in [3.8, 4) is 5.75 Å². The van der Waals surface area contributed by atoms with Crippen LogP contribution in [0.5, 0.6) is 5.75 Å². The lowest BCUT2D eigenvalue weighted by Crippen LogP contribution is -1.72. The Morgan fingerprint density at radius 2 is 2.33 bits per heavy atom. The molecule has 1 N–H and O–H groups in total. The van der Waals surface area contributed by atoms with Gasteiger partial charge in [0.15, 0.2) is 0 Å². The Kier molecular flexibility index (Phi) is 1.62. The van der Waals surface area contributed by atoms with Crippen molar-refractivity contribution < 1.29 is 5.11 Å². The molecule has 0 aliphatic carbocycles. The fourth-order valence-electron chi connectivity index (χ4n) is 1.18. The molecule has 1 heterocycles. The van der Waals surface area contributed by atoms with Crippen molar-refractivity contribution in [2.24, 2.45) is 0 Å². The Bertz CT molecular complexity index is 428. The summed E-state index contributed by atoms with van der Waals surface area (Å²) in [7, 11) is 0. The molecule has 0 fully saturated rings. The number of benzene rings is 1. The predicted octanol–water partition coefficient (Wildman–Crippen LogP) is 3.05. The molecule has 0 aliphatic heterocycles. The molecule has 0 atom stereocenters. The number of phenols is 1. The second kappa shape index (κ2) is 2.64. The van der Waals surface area contributed by atoms with Gasteiger partial charge in [-0.3, -0.25) is 0 Å². The molecule has 0 amide bonds. The largest absolute Gasteiger partial charge is 0.508 e. The van der Waals surface area contributed by atoms with E-state index in [1.165, 1.54) is 0 Å². The zero-order valence-corrected chi connectivity index (χ0v) is 7.19.